The molecule has 0 fully saturated rings. The molecule has 0 saturated carbocycles. The second-order valence-electron chi connectivity index (χ2n) is 6.28. The lowest BCUT2D eigenvalue weighted by molar-refractivity contribution is 0.0916. The van der Waals surface area contributed by atoms with Gasteiger partial charge in [-0.3, -0.25) is 4.79 Å². The van der Waals surface area contributed by atoms with Gasteiger partial charge in [0.25, 0.3) is 5.91 Å². The summed E-state index contributed by atoms with van der Waals surface area (Å²) in [4.78, 5) is 12.4. The molecule has 3 rings (SSSR count). The number of hydrogen-bond acceptors (Lipinski definition) is 4. The van der Waals surface area contributed by atoms with Crippen molar-refractivity contribution < 1.29 is 19.4 Å². The van der Waals surface area contributed by atoms with E-state index < -0.39 is 6.10 Å². The average Bonchev–Trinajstić information content (AvgIpc) is 2.77. The molecule has 0 unspecified atom stereocenters. The van der Waals surface area contributed by atoms with Gasteiger partial charge >= 0.3 is 0 Å². The lowest BCUT2D eigenvalue weighted by Crippen LogP contribution is -2.28. The van der Waals surface area contributed by atoms with Crippen LogP contribution in [0.5, 0.6) is 11.5 Å². The van der Waals surface area contributed by atoms with Crippen LogP contribution in [0.4, 0.5) is 0 Å². The molecule has 0 aromatic heterocycles. The first-order valence-corrected chi connectivity index (χ1v) is 8.96. The quantitative estimate of drug-likeness (QED) is 0.657. The molecule has 5 nitrogen and oxygen atoms in total. The summed E-state index contributed by atoms with van der Waals surface area (Å²) in [6.45, 7) is 0.0920. The van der Waals surface area contributed by atoms with E-state index in [9.17, 15) is 9.90 Å². The van der Waals surface area contributed by atoms with Gasteiger partial charge < -0.3 is 19.9 Å². The first-order chi connectivity index (χ1) is 13.6. The van der Waals surface area contributed by atoms with Crippen molar-refractivity contribution >= 4 is 5.91 Å². The molecule has 1 atom stereocenters. The third kappa shape index (κ3) is 4.50. The number of carbonyl (C=O) groups is 1. The van der Waals surface area contributed by atoms with Crippen molar-refractivity contribution in [1.29, 1.82) is 0 Å². The minimum absolute atomic E-state index is 0.0920. The van der Waals surface area contributed by atoms with Gasteiger partial charge in [0.2, 0.25) is 0 Å². The molecular formula is C23H23NO4. The number of hydrogen-bond donors (Lipinski definition) is 2. The number of carbonyl (C=O) groups excluding carboxylic acids is 1. The van der Waals surface area contributed by atoms with Crippen LogP contribution in [0.25, 0.3) is 11.1 Å². The summed E-state index contributed by atoms with van der Waals surface area (Å²) in [7, 11) is 3.09. The zero-order chi connectivity index (χ0) is 19.9. The third-order valence-corrected chi connectivity index (χ3v) is 4.50. The first kappa shape index (κ1) is 19.5. The van der Waals surface area contributed by atoms with Crippen molar-refractivity contribution in [3.8, 4) is 22.6 Å². The highest BCUT2D eigenvalue weighted by molar-refractivity contribution is 5.94. The normalized spacial score (nSPS) is 11.5. The fourth-order valence-electron chi connectivity index (χ4n) is 2.91. The molecule has 3 aromatic carbocycles. The maximum atomic E-state index is 12.4. The molecule has 2 N–H and O–H groups in total. The summed E-state index contributed by atoms with van der Waals surface area (Å²) in [5, 5.41) is 13.1. The number of nitrogens with one attached hydrogen (secondary N) is 1. The van der Waals surface area contributed by atoms with E-state index >= 15 is 0 Å². The van der Waals surface area contributed by atoms with E-state index in [0.717, 1.165) is 11.1 Å². The van der Waals surface area contributed by atoms with Crippen LogP contribution in [0, 0.1) is 0 Å². The Labute approximate surface area is 164 Å². The molecule has 0 bridgehead atoms. The minimum atomic E-state index is -0.854. The predicted molar refractivity (Wildman–Crippen MR) is 109 cm³/mol. The van der Waals surface area contributed by atoms with Crippen LogP contribution in [0.2, 0.25) is 0 Å². The molecule has 0 radical (unpaired) electrons. The van der Waals surface area contributed by atoms with Crippen molar-refractivity contribution in [2.75, 3.05) is 20.8 Å². The van der Waals surface area contributed by atoms with Gasteiger partial charge in [0.05, 0.1) is 20.3 Å². The minimum Gasteiger partial charge on any atom is -0.493 e. The van der Waals surface area contributed by atoms with Crippen LogP contribution in [0.3, 0.4) is 0 Å². The predicted octanol–water partition coefficient (Wildman–Crippen LogP) is 3.83. The lowest BCUT2D eigenvalue weighted by atomic mass is 10.0. The molecular weight excluding hydrogens is 354 g/mol. The molecule has 28 heavy (non-hydrogen) atoms. The average molecular weight is 377 g/mol. The molecule has 0 aliphatic carbocycles. The van der Waals surface area contributed by atoms with Gasteiger partial charge in [0.1, 0.15) is 0 Å². The van der Waals surface area contributed by atoms with Crippen LogP contribution < -0.4 is 14.8 Å². The second-order valence-corrected chi connectivity index (χ2v) is 6.28. The Bertz CT molecular complexity index is 923. The van der Waals surface area contributed by atoms with Gasteiger partial charge in [-0.05, 0) is 41.0 Å². The summed E-state index contributed by atoms with van der Waals surface area (Å²) in [6.07, 6.45) is -0.854. The van der Waals surface area contributed by atoms with Gasteiger partial charge in [-0.25, -0.2) is 0 Å². The number of aliphatic hydroxyl groups excluding tert-OH is 1. The van der Waals surface area contributed by atoms with Gasteiger partial charge in [0.15, 0.2) is 11.5 Å². The Hall–Kier alpha value is -3.31. The zero-order valence-corrected chi connectivity index (χ0v) is 15.9. The van der Waals surface area contributed by atoms with E-state index in [1.807, 2.05) is 42.5 Å². The molecule has 144 valence electrons. The largest absolute Gasteiger partial charge is 0.493 e. The van der Waals surface area contributed by atoms with E-state index in [2.05, 4.69) is 5.32 Å². The lowest BCUT2D eigenvalue weighted by Gasteiger charge is -2.15. The van der Waals surface area contributed by atoms with E-state index in [-0.39, 0.29) is 12.5 Å². The van der Waals surface area contributed by atoms with Gasteiger partial charge in [-0.2, -0.15) is 0 Å². The smallest absolute Gasteiger partial charge is 0.251 e. The fourth-order valence-corrected chi connectivity index (χ4v) is 2.91. The Morgan fingerprint density at radius 1 is 0.893 bits per heavy atom. The van der Waals surface area contributed by atoms with E-state index in [0.29, 0.717) is 22.6 Å². The maximum absolute atomic E-state index is 12.4. The highest BCUT2D eigenvalue weighted by atomic mass is 16.5. The Kier molecular flexibility index (Phi) is 6.29. The van der Waals surface area contributed by atoms with E-state index in [1.165, 1.54) is 7.11 Å². The van der Waals surface area contributed by atoms with Crippen molar-refractivity contribution in [2.45, 2.75) is 6.10 Å². The third-order valence-electron chi connectivity index (χ3n) is 4.50. The number of aliphatic hydroxyl groups is 1. The van der Waals surface area contributed by atoms with Crippen LogP contribution in [0.15, 0.2) is 72.8 Å². The fraction of sp³-hybridized carbons (Fsp3) is 0.174. The summed E-state index contributed by atoms with van der Waals surface area (Å²) < 4.78 is 10.4. The number of benzene rings is 3. The van der Waals surface area contributed by atoms with E-state index in [1.54, 1.807) is 37.4 Å². The summed E-state index contributed by atoms with van der Waals surface area (Å²) >= 11 is 0. The number of methoxy groups -OCH3 is 2. The maximum Gasteiger partial charge on any atom is 0.251 e. The monoisotopic (exact) mass is 377 g/mol. The van der Waals surface area contributed by atoms with Crippen molar-refractivity contribution in [3.05, 3.63) is 83.9 Å². The summed E-state index contributed by atoms with van der Waals surface area (Å²) in [6, 6.07) is 22.5. The SMILES string of the molecule is COc1ccc([C@@H](O)CNC(=O)c2ccc(-c3ccccc3)cc2)cc1OC. The first-order valence-electron chi connectivity index (χ1n) is 8.96. The highest BCUT2D eigenvalue weighted by Crippen LogP contribution is 2.29. The molecule has 0 aliphatic heterocycles. The van der Waals surface area contributed by atoms with Gasteiger partial charge in [0, 0.05) is 12.1 Å². The molecule has 1 amide bonds. The van der Waals surface area contributed by atoms with Crippen LogP contribution in [-0.2, 0) is 0 Å². The summed E-state index contributed by atoms with van der Waals surface area (Å²) in [5.74, 6) is 0.877. The van der Waals surface area contributed by atoms with Crippen LogP contribution in [0.1, 0.15) is 22.0 Å². The second kappa shape index (κ2) is 9.06. The molecule has 0 aliphatic rings. The van der Waals surface area contributed by atoms with Crippen molar-refractivity contribution in [1.82, 2.24) is 5.32 Å². The van der Waals surface area contributed by atoms with Crippen LogP contribution >= 0.6 is 0 Å². The van der Waals surface area contributed by atoms with Gasteiger partial charge in [-0.1, -0.05) is 48.5 Å². The van der Waals surface area contributed by atoms with E-state index in [4.69, 9.17) is 9.47 Å². The number of amides is 1. The standard InChI is InChI=1S/C23H23NO4/c1-27-21-13-12-19(14-22(21)28-2)20(25)15-24-23(26)18-10-8-17(9-11-18)16-6-4-3-5-7-16/h3-14,20,25H,15H2,1-2H3,(H,24,26)/t20-/m0/s1. The molecule has 5 heteroatoms. The zero-order valence-electron chi connectivity index (χ0n) is 15.9. The number of ether oxygens (including phenoxy) is 2. The van der Waals surface area contributed by atoms with Gasteiger partial charge in [-0.15, -0.1) is 0 Å². The highest BCUT2D eigenvalue weighted by Gasteiger charge is 2.14. The van der Waals surface area contributed by atoms with Crippen LogP contribution in [-0.4, -0.2) is 31.8 Å². The Morgan fingerprint density at radius 2 is 1.54 bits per heavy atom. The Morgan fingerprint density at radius 3 is 2.18 bits per heavy atom. The molecule has 0 saturated heterocycles. The molecule has 3 aromatic rings. The molecule has 0 spiro atoms. The summed E-state index contributed by atoms with van der Waals surface area (Å²) in [5.41, 5.74) is 3.32. The topological polar surface area (TPSA) is 67.8 Å². The van der Waals surface area contributed by atoms with Crippen molar-refractivity contribution in [3.63, 3.8) is 0 Å². The number of rotatable bonds is 7. The Balaban J connectivity index is 1.62. The molecule has 0 heterocycles. The van der Waals surface area contributed by atoms with Crippen molar-refractivity contribution in [2.24, 2.45) is 0 Å².